The number of aromatic nitrogens is 2. The second-order valence-electron chi connectivity index (χ2n) is 5.33. The van der Waals surface area contributed by atoms with Gasteiger partial charge in [-0.25, -0.2) is 9.78 Å². The number of hydrogen-bond donors (Lipinski definition) is 3. The fourth-order valence-electron chi connectivity index (χ4n) is 2.27. The van der Waals surface area contributed by atoms with Gasteiger partial charge in [-0.15, -0.1) is 0 Å². The van der Waals surface area contributed by atoms with Crippen molar-refractivity contribution in [1.82, 2.24) is 9.97 Å². The first-order valence-electron chi connectivity index (χ1n) is 7.49. The van der Waals surface area contributed by atoms with Crippen molar-refractivity contribution in [2.75, 3.05) is 10.6 Å². The summed E-state index contributed by atoms with van der Waals surface area (Å²) in [6, 6.07) is 16.1. The van der Waals surface area contributed by atoms with E-state index in [4.69, 9.17) is 0 Å². The minimum Gasteiger partial charge on any atom is -0.478 e. The Labute approximate surface area is 153 Å². The molecule has 6 nitrogen and oxygen atoms in total. The molecular formula is C18H15BrN4O2. The Balaban J connectivity index is 1.87. The highest BCUT2D eigenvalue weighted by atomic mass is 79.9. The zero-order chi connectivity index (χ0) is 17.8. The molecule has 0 bridgehead atoms. The number of aromatic carboxylic acids is 1. The zero-order valence-electron chi connectivity index (χ0n) is 13.3. The summed E-state index contributed by atoms with van der Waals surface area (Å²) in [4.78, 5) is 20.1. The largest absolute Gasteiger partial charge is 0.478 e. The first kappa shape index (κ1) is 16.9. The Bertz CT molecular complexity index is 913. The molecule has 0 radical (unpaired) electrons. The van der Waals surface area contributed by atoms with Crippen LogP contribution in [-0.4, -0.2) is 21.0 Å². The van der Waals surface area contributed by atoms with Crippen molar-refractivity contribution in [2.24, 2.45) is 0 Å². The Morgan fingerprint density at radius 1 is 1.04 bits per heavy atom. The molecule has 0 aliphatic rings. The summed E-state index contributed by atoms with van der Waals surface area (Å²) in [6.45, 7) is 1.85. The first-order chi connectivity index (χ1) is 12.0. The van der Waals surface area contributed by atoms with Crippen molar-refractivity contribution in [2.45, 2.75) is 6.92 Å². The third kappa shape index (κ3) is 4.33. The van der Waals surface area contributed by atoms with E-state index in [2.05, 4.69) is 36.5 Å². The van der Waals surface area contributed by atoms with Crippen molar-refractivity contribution >= 4 is 45.0 Å². The number of halogens is 1. The average Bonchev–Trinajstić information content (AvgIpc) is 2.57. The number of anilines is 4. The molecule has 0 aliphatic heterocycles. The van der Waals surface area contributed by atoms with Crippen LogP contribution in [0.4, 0.5) is 23.1 Å². The summed E-state index contributed by atoms with van der Waals surface area (Å²) in [5, 5.41) is 15.5. The van der Waals surface area contributed by atoms with Gasteiger partial charge in [0.15, 0.2) is 0 Å². The van der Waals surface area contributed by atoms with Crippen LogP contribution in [0.5, 0.6) is 0 Å². The van der Waals surface area contributed by atoms with E-state index < -0.39 is 5.97 Å². The number of aryl methyl sites for hydroxylation is 1. The Kier molecular flexibility index (Phi) is 4.95. The van der Waals surface area contributed by atoms with Gasteiger partial charge in [0, 0.05) is 21.9 Å². The van der Waals surface area contributed by atoms with Crippen molar-refractivity contribution < 1.29 is 9.90 Å². The first-order valence-corrected chi connectivity index (χ1v) is 8.28. The minimum absolute atomic E-state index is 0.182. The predicted octanol–water partition coefficient (Wildman–Crippen LogP) is 4.73. The van der Waals surface area contributed by atoms with E-state index >= 15 is 0 Å². The predicted molar refractivity (Wildman–Crippen MR) is 101 cm³/mol. The van der Waals surface area contributed by atoms with E-state index in [0.29, 0.717) is 17.5 Å². The molecule has 0 atom stereocenters. The molecule has 25 heavy (non-hydrogen) atoms. The number of carboxylic acids is 1. The number of hydrogen-bond acceptors (Lipinski definition) is 5. The maximum atomic E-state index is 11.3. The molecule has 3 rings (SSSR count). The molecule has 3 N–H and O–H groups in total. The lowest BCUT2D eigenvalue weighted by molar-refractivity contribution is 0.0698. The van der Waals surface area contributed by atoms with Gasteiger partial charge in [-0.2, -0.15) is 4.98 Å². The Hall–Kier alpha value is -2.93. The monoisotopic (exact) mass is 398 g/mol. The molecule has 1 aromatic heterocycles. The van der Waals surface area contributed by atoms with Crippen LogP contribution in [0, 0.1) is 6.92 Å². The van der Waals surface area contributed by atoms with Crippen molar-refractivity contribution in [3.63, 3.8) is 0 Å². The second kappa shape index (κ2) is 7.31. The molecule has 1 heterocycles. The van der Waals surface area contributed by atoms with Gasteiger partial charge < -0.3 is 15.7 Å². The van der Waals surface area contributed by atoms with Gasteiger partial charge in [-0.05, 0) is 43.3 Å². The summed E-state index contributed by atoms with van der Waals surface area (Å²) in [5.74, 6) is -0.0551. The number of para-hydroxylation sites is 1. The summed E-state index contributed by atoms with van der Waals surface area (Å²) in [7, 11) is 0. The molecule has 0 spiro atoms. The van der Waals surface area contributed by atoms with Crippen LogP contribution in [0.2, 0.25) is 0 Å². The third-order valence-electron chi connectivity index (χ3n) is 3.37. The van der Waals surface area contributed by atoms with E-state index in [1.54, 1.807) is 30.3 Å². The van der Waals surface area contributed by atoms with Crippen LogP contribution < -0.4 is 10.6 Å². The SMILES string of the molecule is Cc1cc(Nc2ccccc2C(=O)O)nc(Nc2ccc(Br)cc2)n1. The molecule has 0 saturated carbocycles. The molecule has 2 aromatic carbocycles. The van der Waals surface area contributed by atoms with E-state index in [-0.39, 0.29) is 5.56 Å². The highest BCUT2D eigenvalue weighted by Gasteiger charge is 2.10. The van der Waals surface area contributed by atoms with Gasteiger partial charge in [-0.1, -0.05) is 28.1 Å². The molecule has 3 aromatic rings. The van der Waals surface area contributed by atoms with Crippen LogP contribution in [0.25, 0.3) is 0 Å². The topological polar surface area (TPSA) is 87.1 Å². The smallest absolute Gasteiger partial charge is 0.337 e. The molecule has 0 fully saturated rings. The van der Waals surface area contributed by atoms with Crippen LogP contribution in [0.1, 0.15) is 16.1 Å². The van der Waals surface area contributed by atoms with Gasteiger partial charge in [0.2, 0.25) is 5.95 Å². The summed E-state index contributed by atoms with van der Waals surface area (Å²) < 4.78 is 0.982. The van der Waals surface area contributed by atoms with Gasteiger partial charge >= 0.3 is 5.97 Å². The van der Waals surface area contributed by atoms with Crippen LogP contribution in [-0.2, 0) is 0 Å². The summed E-state index contributed by atoms with van der Waals surface area (Å²) in [6.07, 6.45) is 0. The maximum absolute atomic E-state index is 11.3. The van der Waals surface area contributed by atoms with Gasteiger partial charge in [0.05, 0.1) is 11.3 Å². The molecule has 0 unspecified atom stereocenters. The average molecular weight is 399 g/mol. The van der Waals surface area contributed by atoms with Crippen molar-refractivity contribution in [3.05, 3.63) is 70.3 Å². The fourth-order valence-corrected chi connectivity index (χ4v) is 2.53. The van der Waals surface area contributed by atoms with Crippen LogP contribution >= 0.6 is 15.9 Å². The summed E-state index contributed by atoms with van der Waals surface area (Å²) in [5.41, 5.74) is 2.26. The Morgan fingerprint density at radius 3 is 2.48 bits per heavy atom. The van der Waals surface area contributed by atoms with E-state index in [0.717, 1.165) is 15.9 Å². The standard InChI is InChI=1S/C18H15BrN4O2/c1-11-10-16(22-15-5-3-2-4-14(15)17(24)25)23-18(20-11)21-13-8-6-12(19)7-9-13/h2-10H,1H3,(H,24,25)(H2,20,21,22,23). The van der Waals surface area contributed by atoms with Gasteiger partial charge in [0.25, 0.3) is 0 Å². The zero-order valence-corrected chi connectivity index (χ0v) is 14.9. The van der Waals surface area contributed by atoms with Crippen LogP contribution in [0.15, 0.2) is 59.1 Å². The lowest BCUT2D eigenvalue weighted by Crippen LogP contribution is -2.05. The minimum atomic E-state index is -0.998. The van der Waals surface area contributed by atoms with Gasteiger partial charge in [-0.3, -0.25) is 0 Å². The number of rotatable bonds is 5. The third-order valence-corrected chi connectivity index (χ3v) is 3.90. The van der Waals surface area contributed by atoms with Crippen LogP contribution in [0.3, 0.4) is 0 Å². The summed E-state index contributed by atoms with van der Waals surface area (Å²) >= 11 is 3.39. The molecule has 7 heteroatoms. The molecule has 0 saturated heterocycles. The maximum Gasteiger partial charge on any atom is 0.337 e. The van der Waals surface area contributed by atoms with E-state index in [1.165, 1.54) is 0 Å². The highest BCUT2D eigenvalue weighted by Crippen LogP contribution is 2.22. The number of nitrogens with one attached hydrogen (secondary N) is 2. The van der Waals surface area contributed by atoms with E-state index in [9.17, 15) is 9.90 Å². The number of nitrogens with zero attached hydrogens (tertiary/aromatic N) is 2. The normalized spacial score (nSPS) is 10.3. The van der Waals surface area contributed by atoms with Gasteiger partial charge in [0.1, 0.15) is 5.82 Å². The van der Waals surface area contributed by atoms with Crippen molar-refractivity contribution in [3.8, 4) is 0 Å². The quantitative estimate of drug-likeness (QED) is 0.575. The molecule has 0 aliphatic carbocycles. The fraction of sp³-hybridized carbons (Fsp3) is 0.0556. The molecule has 126 valence electrons. The number of carbonyl (C=O) groups is 1. The second-order valence-corrected chi connectivity index (χ2v) is 6.24. The van der Waals surface area contributed by atoms with E-state index in [1.807, 2.05) is 31.2 Å². The highest BCUT2D eigenvalue weighted by molar-refractivity contribution is 9.10. The number of carboxylic acid groups (broad SMARTS) is 1. The van der Waals surface area contributed by atoms with Crippen molar-refractivity contribution in [1.29, 1.82) is 0 Å². The molecule has 0 amide bonds. The lowest BCUT2D eigenvalue weighted by Gasteiger charge is -2.11. The Morgan fingerprint density at radius 2 is 1.76 bits per heavy atom. The molecular weight excluding hydrogens is 384 g/mol. The number of benzene rings is 2. The lowest BCUT2D eigenvalue weighted by atomic mass is 10.2.